The lowest BCUT2D eigenvalue weighted by atomic mass is 10.8. The SMILES string of the molecule is [C-]#[N+]CCSP(=O)(OC)OC. The molecular formula is C5H10NO3PS. The Morgan fingerprint density at radius 2 is 2.09 bits per heavy atom. The molecule has 64 valence electrons. The molecule has 0 radical (unpaired) electrons. The number of nitrogens with zero attached hydrogens (tertiary/aromatic N) is 1. The van der Waals surface area contributed by atoms with Crippen LogP contribution >= 0.6 is 18.2 Å². The van der Waals surface area contributed by atoms with Gasteiger partial charge in [0.05, 0.1) is 5.75 Å². The van der Waals surface area contributed by atoms with E-state index >= 15 is 0 Å². The molecule has 0 saturated heterocycles. The zero-order valence-electron chi connectivity index (χ0n) is 6.44. The molecule has 4 nitrogen and oxygen atoms in total. The maximum absolute atomic E-state index is 11.2. The van der Waals surface area contributed by atoms with Gasteiger partial charge in [0.15, 0.2) is 0 Å². The molecule has 0 bridgehead atoms. The Bertz CT molecular complexity index is 183. The average Bonchev–Trinajstić information content (AvgIpc) is 2.05. The topological polar surface area (TPSA) is 39.9 Å². The summed E-state index contributed by atoms with van der Waals surface area (Å²) >= 11 is 1.05. The van der Waals surface area contributed by atoms with Crippen LogP contribution in [0.1, 0.15) is 0 Å². The summed E-state index contributed by atoms with van der Waals surface area (Å²) in [5.41, 5.74) is 0. The molecule has 0 aliphatic heterocycles. The van der Waals surface area contributed by atoms with Crippen molar-refractivity contribution in [2.75, 3.05) is 26.5 Å². The number of rotatable bonds is 5. The summed E-state index contributed by atoms with van der Waals surface area (Å²) in [6.07, 6.45) is 0. The largest absolute Gasteiger partial charge is 0.388 e. The standard InChI is InChI=1S/C5H10NO3PS/c1-6-4-5-11-10(7,8-2)9-3/h4-5H2,2-3H3. The van der Waals surface area contributed by atoms with Gasteiger partial charge in [-0.25, -0.2) is 11.1 Å². The van der Waals surface area contributed by atoms with Crippen molar-refractivity contribution in [3.63, 3.8) is 0 Å². The van der Waals surface area contributed by atoms with Crippen LogP contribution in [0, 0.1) is 6.57 Å². The molecule has 0 aromatic rings. The molecule has 11 heavy (non-hydrogen) atoms. The van der Waals surface area contributed by atoms with E-state index in [0.29, 0.717) is 12.3 Å². The molecule has 0 spiro atoms. The Balaban J connectivity index is 3.72. The van der Waals surface area contributed by atoms with Crippen LogP contribution in [0.3, 0.4) is 0 Å². The molecular weight excluding hydrogens is 185 g/mol. The van der Waals surface area contributed by atoms with E-state index in [-0.39, 0.29) is 0 Å². The van der Waals surface area contributed by atoms with E-state index in [1.54, 1.807) is 0 Å². The fourth-order valence-corrected chi connectivity index (χ4v) is 2.68. The van der Waals surface area contributed by atoms with E-state index in [9.17, 15) is 4.57 Å². The van der Waals surface area contributed by atoms with E-state index in [0.717, 1.165) is 11.4 Å². The highest BCUT2D eigenvalue weighted by molar-refractivity contribution is 8.55. The van der Waals surface area contributed by atoms with Crippen LogP contribution in [0.4, 0.5) is 0 Å². The minimum Gasteiger partial charge on any atom is -0.316 e. The molecule has 0 aromatic carbocycles. The van der Waals surface area contributed by atoms with Crippen molar-refractivity contribution >= 4 is 18.2 Å². The van der Waals surface area contributed by atoms with Gasteiger partial charge in [-0.3, -0.25) is 0 Å². The van der Waals surface area contributed by atoms with Crippen LogP contribution in [-0.4, -0.2) is 26.5 Å². The van der Waals surface area contributed by atoms with Gasteiger partial charge in [0.1, 0.15) is 0 Å². The molecule has 0 fully saturated rings. The fourth-order valence-electron chi connectivity index (χ4n) is 0.378. The van der Waals surface area contributed by atoms with Crippen LogP contribution in [-0.2, 0) is 13.6 Å². The maximum Gasteiger partial charge on any atom is 0.388 e. The minimum absolute atomic E-state index is 0.335. The van der Waals surface area contributed by atoms with Gasteiger partial charge in [0.2, 0.25) is 6.54 Å². The molecule has 0 rings (SSSR count). The maximum atomic E-state index is 11.2. The third-order valence-electron chi connectivity index (χ3n) is 0.900. The van der Waals surface area contributed by atoms with Gasteiger partial charge in [0, 0.05) is 14.2 Å². The fraction of sp³-hybridized carbons (Fsp3) is 0.800. The highest BCUT2D eigenvalue weighted by atomic mass is 32.7. The first-order valence-corrected chi connectivity index (χ1v) is 6.01. The van der Waals surface area contributed by atoms with Crippen molar-refractivity contribution in [2.24, 2.45) is 0 Å². The van der Waals surface area contributed by atoms with E-state index in [4.69, 9.17) is 6.57 Å². The van der Waals surface area contributed by atoms with Crippen LogP contribution in [0.15, 0.2) is 0 Å². The first kappa shape index (κ1) is 11.0. The summed E-state index contributed by atoms with van der Waals surface area (Å²) in [5.74, 6) is 0.475. The molecule has 0 saturated carbocycles. The van der Waals surface area contributed by atoms with Gasteiger partial charge in [0.25, 0.3) is 0 Å². The summed E-state index contributed by atoms with van der Waals surface area (Å²) in [5, 5.41) is 0. The third-order valence-corrected chi connectivity index (χ3v) is 4.87. The Labute approximate surface area is 70.4 Å². The summed E-state index contributed by atoms with van der Waals surface area (Å²) in [7, 11) is 2.66. The van der Waals surface area contributed by atoms with Crippen molar-refractivity contribution in [3.05, 3.63) is 11.4 Å². The Kier molecular flexibility index (Phi) is 5.61. The molecule has 0 unspecified atom stereocenters. The van der Waals surface area contributed by atoms with E-state index in [1.165, 1.54) is 14.2 Å². The second kappa shape index (κ2) is 5.62. The number of hydrogen-bond donors (Lipinski definition) is 0. The van der Waals surface area contributed by atoms with E-state index < -0.39 is 6.80 Å². The van der Waals surface area contributed by atoms with Crippen LogP contribution in [0.5, 0.6) is 0 Å². The number of hydrogen-bond acceptors (Lipinski definition) is 4. The molecule has 0 atom stereocenters. The van der Waals surface area contributed by atoms with Gasteiger partial charge in [-0.2, -0.15) is 0 Å². The van der Waals surface area contributed by atoms with Crippen molar-refractivity contribution in [1.82, 2.24) is 0 Å². The lowest BCUT2D eigenvalue weighted by Gasteiger charge is -2.09. The predicted octanol–water partition coefficient (Wildman–Crippen LogP) is 2.04. The zero-order valence-corrected chi connectivity index (χ0v) is 8.15. The second-order valence-corrected chi connectivity index (χ2v) is 5.93. The quantitative estimate of drug-likeness (QED) is 0.382. The van der Waals surface area contributed by atoms with E-state index in [2.05, 4.69) is 13.9 Å². The van der Waals surface area contributed by atoms with Crippen molar-refractivity contribution in [2.45, 2.75) is 0 Å². The van der Waals surface area contributed by atoms with Crippen molar-refractivity contribution in [3.8, 4) is 0 Å². The minimum atomic E-state index is -2.94. The van der Waals surface area contributed by atoms with Gasteiger partial charge in [-0.05, 0) is 11.4 Å². The highest BCUT2D eigenvalue weighted by Gasteiger charge is 2.21. The van der Waals surface area contributed by atoms with Crippen LogP contribution in [0.25, 0.3) is 4.85 Å². The van der Waals surface area contributed by atoms with Crippen molar-refractivity contribution < 1.29 is 13.6 Å². The summed E-state index contributed by atoms with van der Waals surface area (Å²) in [6, 6.07) is 0. The molecule has 0 heterocycles. The molecule has 6 heteroatoms. The van der Waals surface area contributed by atoms with E-state index in [1.807, 2.05) is 0 Å². The first-order valence-electron chi connectivity index (χ1n) is 2.88. The summed E-state index contributed by atoms with van der Waals surface area (Å²) in [6.45, 7) is 3.86. The van der Waals surface area contributed by atoms with Crippen LogP contribution < -0.4 is 0 Å². The lowest BCUT2D eigenvalue weighted by molar-refractivity contribution is 0.295. The third kappa shape index (κ3) is 4.44. The Morgan fingerprint density at radius 3 is 2.45 bits per heavy atom. The average molecular weight is 195 g/mol. The predicted molar refractivity (Wildman–Crippen MR) is 45.6 cm³/mol. The molecule has 0 aliphatic carbocycles. The first-order chi connectivity index (χ1) is 5.18. The lowest BCUT2D eigenvalue weighted by Crippen LogP contribution is -1.87. The zero-order chi connectivity index (χ0) is 8.74. The smallest absolute Gasteiger partial charge is 0.316 e. The molecule has 0 N–H and O–H groups in total. The van der Waals surface area contributed by atoms with Gasteiger partial charge in [-0.15, -0.1) is 0 Å². The molecule has 0 amide bonds. The second-order valence-electron chi connectivity index (χ2n) is 1.53. The highest BCUT2D eigenvalue weighted by Crippen LogP contribution is 2.59. The Morgan fingerprint density at radius 1 is 1.55 bits per heavy atom. The van der Waals surface area contributed by atoms with Gasteiger partial charge < -0.3 is 13.9 Å². The Hall–Kier alpha value is -0.0100. The summed E-state index contributed by atoms with van der Waals surface area (Å²) < 4.78 is 20.5. The van der Waals surface area contributed by atoms with Crippen molar-refractivity contribution in [1.29, 1.82) is 0 Å². The normalized spacial score (nSPS) is 11.0. The van der Waals surface area contributed by atoms with Crippen LogP contribution in [0.2, 0.25) is 0 Å². The summed E-state index contributed by atoms with van der Waals surface area (Å²) in [4.78, 5) is 3.10. The van der Waals surface area contributed by atoms with Gasteiger partial charge in [-0.1, -0.05) is 0 Å². The monoisotopic (exact) mass is 195 g/mol. The molecule has 0 aliphatic rings. The molecule has 0 aromatic heterocycles. The van der Waals surface area contributed by atoms with Gasteiger partial charge >= 0.3 is 6.80 Å².